The van der Waals surface area contributed by atoms with Crippen molar-refractivity contribution in [3.8, 4) is 0 Å². The van der Waals surface area contributed by atoms with Crippen molar-refractivity contribution in [3.05, 3.63) is 35.9 Å². The van der Waals surface area contributed by atoms with E-state index in [-0.39, 0.29) is 0 Å². The van der Waals surface area contributed by atoms with E-state index in [0.717, 1.165) is 19.2 Å². The first-order valence-electron chi connectivity index (χ1n) is 5.66. The van der Waals surface area contributed by atoms with Crippen LogP contribution in [-0.4, -0.2) is 13.4 Å². The van der Waals surface area contributed by atoms with E-state index in [1.54, 1.807) is 0 Å². The molecule has 1 aromatic rings. The van der Waals surface area contributed by atoms with Crippen LogP contribution in [0.1, 0.15) is 11.4 Å². The summed E-state index contributed by atoms with van der Waals surface area (Å²) < 4.78 is 0. The summed E-state index contributed by atoms with van der Waals surface area (Å²) in [5.74, 6) is 0.719. The van der Waals surface area contributed by atoms with Crippen LogP contribution < -0.4 is 0 Å². The van der Waals surface area contributed by atoms with E-state index < -0.39 is 0 Å². The lowest BCUT2D eigenvalue weighted by Gasteiger charge is -2.20. The van der Waals surface area contributed by atoms with Crippen molar-refractivity contribution >= 4 is 13.4 Å². The van der Waals surface area contributed by atoms with Crippen LogP contribution in [0.2, 0.25) is 33.6 Å². The molecule has 1 aromatic carbocycles. The minimum atomic E-state index is 0.719. The molecule has 0 aromatic heterocycles. The molecule has 0 fully saturated rings. The molecule has 0 saturated heterocycles. The Morgan fingerprint density at radius 1 is 1.00 bits per heavy atom. The summed E-state index contributed by atoms with van der Waals surface area (Å²) in [5, 5.41) is 0. The van der Waals surface area contributed by atoms with Gasteiger partial charge in [0.05, 0.1) is 0 Å². The Kier molecular flexibility index (Phi) is 4.31. The highest BCUT2D eigenvalue weighted by Crippen LogP contribution is 2.24. The highest BCUT2D eigenvalue weighted by molar-refractivity contribution is 6.63. The molecule has 0 aliphatic rings. The van der Waals surface area contributed by atoms with E-state index in [0.29, 0.717) is 0 Å². The molecule has 2 heteroatoms. The molecule has 0 amide bonds. The summed E-state index contributed by atoms with van der Waals surface area (Å²) in [7, 11) is 0. The first-order chi connectivity index (χ1) is 6.61. The largest absolute Gasteiger partial charge is 0.141 e. The summed E-state index contributed by atoms with van der Waals surface area (Å²) in [4.78, 5) is 0. The second-order valence-electron chi connectivity index (χ2n) is 4.89. The molecule has 0 nitrogen and oxygen atoms in total. The number of hydrogen-bond donors (Lipinski definition) is 0. The summed E-state index contributed by atoms with van der Waals surface area (Å²) in [6, 6.07) is 10.9. The van der Waals surface area contributed by atoms with Gasteiger partial charge in [0.15, 0.2) is 0 Å². The molecule has 0 heterocycles. The van der Waals surface area contributed by atoms with Gasteiger partial charge in [0.1, 0.15) is 13.4 Å². The molecule has 1 atom stereocenters. The second-order valence-corrected chi connectivity index (χ2v) is 4.89. The fraction of sp³-hybridized carbons (Fsp3) is 0.500. The molecule has 1 unspecified atom stereocenters. The molecule has 74 valence electrons. The van der Waals surface area contributed by atoms with Gasteiger partial charge in [-0.25, -0.2) is 0 Å². The van der Waals surface area contributed by atoms with E-state index in [4.69, 9.17) is 0 Å². The molecule has 0 radical (unpaired) electrons. The number of rotatable bonds is 4. The van der Waals surface area contributed by atoms with Crippen molar-refractivity contribution in [2.45, 2.75) is 39.4 Å². The predicted octanol–water partition coefficient (Wildman–Crippen LogP) is 3.82. The topological polar surface area (TPSA) is 0 Å². The Morgan fingerprint density at radius 3 is 2.00 bits per heavy atom. The standard InChI is InChI=1S/C12H20B2/c1-13(2)10-12(14(3)4)11-8-6-5-7-9-11/h5-9,12H,10H2,1-4H3. The Balaban J connectivity index is 2.78. The maximum Gasteiger partial charge on any atom is 0.141 e. The third kappa shape index (κ3) is 3.25. The van der Waals surface area contributed by atoms with Gasteiger partial charge in [0.2, 0.25) is 0 Å². The normalized spacial score (nSPS) is 12.3. The molecule has 0 bridgehead atoms. The van der Waals surface area contributed by atoms with Gasteiger partial charge in [0.25, 0.3) is 0 Å². The van der Waals surface area contributed by atoms with Gasteiger partial charge in [0, 0.05) is 0 Å². The molecule has 14 heavy (non-hydrogen) atoms. The summed E-state index contributed by atoms with van der Waals surface area (Å²) in [5.41, 5.74) is 1.50. The number of hydrogen-bond acceptors (Lipinski definition) is 0. The van der Waals surface area contributed by atoms with Gasteiger partial charge in [-0.1, -0.05) is 69.5 Å². The van der Waals surface area contributed by atoms with Gasteiger partial charge in [-0.2, -0.15) is 0 Å². The first-order valence-corrected chi connectivity index (χ1v) is 5.66. The Hall–Kier alpha value is -0.650. The van der Waals surface area contributed by atoms with Gasteiger partial charge in [-0.15, -0.1) is 0 Å². The fourth-order valence-electron chi connectivity index (χ4n) is 2.00. The zero-order valence-corrected chi connectivity index (χ0v) is 9.83. The zero-order chi connectivity index (χ0) is 10.6. The maximum absolute atomic E-state index is 2.32. The quantitative estimate of drug-likeness (QED) is 0.626. The molecular formula is C12H20B2. The van der Waals surface area contributed by atoms with Crippen LogP contribution >= 0.6 is 0 Å². The van der Waals surface area contributed by atoms with Gasteiger partial charge >= 0.3 is 0 Å². The van der Waals surface area contributed by atoms with E-state index >= 15 is 0 Å². The van der Waals surface area contributed by atoms with Crippen molar-refractivity contribution in [1.29, 1.82) is 0 Å². The van der Waals surface area contributed by atoms with Crippen molar-refractivity contribution in [2.24, 2.45) is 0 Å². The van der Waals surface area contributed by atoms with E-state index in [1.165, 1.54) is 11.9 Å². The lowest BCUT2D eigenvalue weighted by Crippen LogP contribution is -2.20. The van der Waals surface area contributed by atoms with Crippen LogP contribution in [0.25, 0.3) is 0 Å². The first kappa shape index (κ1) is 11.4. The molecule has 0 aliphatic carbocycles. The summed E-state index contributed by atoms with van der Waals surface area (Å²) in [6.07, 6.45) is 1.29. The second kappa shape index (κ2) is 5.29. The average molecular weight is 186 g/mol. The highest BCUT2D eigenvalue weighted by Gasteiger charge is 2.19. The number of benzene rings is 1. The Bertz CT molecular complexity index is 254. The molecule has 0 spiro atoms. The van der Waals surface area contributed by atoms with E-state index in [9.17, 15) is 0 Å². The minimum Gasteiger partial charge on any atom is -0.0863 e. The van der Waals surface area contributed by atoms with Gasteiger partial charge in [-0.05, 0) is 5.82 Å². The Morgan fingerprint density at radius 2 is 1.57 bits per heavy atom. The van der Waals surface area contributed by atoms with Crippen LogP contribution in [0.5, 0.6) is 0 Å². The minimum absolute atomic E-state index is 0.719. The molecule has 0 N–H and O–H groups in total. The molecule has 0 saturated carbocycles. The zero-order valence-electron chi connectivity index (χ0n) is 9.83. The molecular weight excluding hydrogens is 166 g/mol. The lowest BCUT2D eigenvalue weighted by atomic mass is 9.35. The summed E-state index contributed by atoms with van der Waals surface area (Å²) in [6.45, 7) is 10.8. The van der Waals surface area contributed by atoms with Crippen molar-refractivity contribution in [1.82, 2.24) is 0 Å². The van der Waals surface area contributed by atoms with Crippen LogP contribution in [0.3, 0.4) is 0 Å². The van der Waals surface area contributed by atoms with Crippen LogP contribution in [-0.2, 0) is 0 Å². The van der Waals surface area contributed by atoms with E-state index in [2.05, 4.69) is 57.6 Å². The third-order valence-corrected chi connectivity index (χ3v) is 2.76. The lowest BCUT2D eigenvalue weighted by molar-refractivity contribution is 1.02. The molecule has 1 rings (SSSR count). The average Bonchev–Trinajstić information content (AvgIpc) is 2.15. The van der Waals surface area contributed by atoms with Crippen molar-refractivity contribution in [2.75, 3.05) is 0 Å². The monoisotopic (exact) mass is 186 g/mol. The third-order valence-electron chi connectivity index (χ3n) is 2.76. The highest BCUT2D eigenvalue weighted by atomic mass is 14.0. The van der Waals surface area contributed by atoms with Crippen LogP contribution in [0.15, 0.2) is 30.3 Å². The van der Waals surface area contributed by atoms with Gasteiger partial charge < -0.3 is 0 Å². The Labute approximate surface area is 89.3 Å². The summed E-state index contributed by atoms with van der Waals surface area (Å²) >= 11 is 0. The SMILES string of the molecule is CB(C)CC(B(C)C)c1ccccc1. The molecule has 0 aliphatic heterocycles. The predicted molar refractivity (Wildman–Crippen MR) is 69.0 cm³/mol. The van der Waals surface area contributed by atoms with Gasteiger partial charge in [-0.3, -0.25) is 0 Å². The van der Waals surface area contributed by atoms with Crippen molar-refractivity contribution in [3.63, 3.8) is 0 Å². The maximum atomic E-state index is 2.32. The smallest absolute Gasteiger partial charge is 0.0863 e. The van der Waals surface area contributed by atoms with E-state index in [1.807, 2.05) is 0 Å². The van der Waals surface area contributed by atoms with Crippen molar-refractivity contribution < 1.29 is 0 Å². The van der Waals surface area contributed by atoms with Crippen LogP contribution in [0.4, 0.5) is 0 Å². The fourth-order valence-corrected chi connectivity index (χ4v) is 2.00. The van der Waals surface area contributed by atoms with Crippen LogP contribution in [0, 0.1) is 0 Å².